The number of para-hydroxylation sites is 1. The van der Waals surface area contributed by atoms with Crippen LogP contribution in [0.15, 0.2) is 24.4 Å². The van der Waals surface area contributed by atoms with Crippen LogP contribution in [0.4, 0.5) is 5.69 Å². The molecule has 1 aromatic heterocycles. The Morgan fingerprint density at radius 3 is 2.95 bits per heavy atom. The largest absolute Gasteiger partial charge is 0.397 e. The van der Waals surface area contributed by atoms with Crippen molar-refractivity contribution in [3.63, 3.8) is 0 Å². The van der Waals surface area contributed by atoms with Gasteiger partial charge in [-0.3, -0.25) is 4.79 Å². The van der Waals surface area contributed by atoms with Gasteiger partial charge in [0.2, 0.25) is 0 Å². The Hall–Kier alpha value is -1.59. The van der Waals surface area contributed by atoms with E-state index in [2.05, 4.69) is 17.2 Å². The van der Waals surface area contributed by atoms with Crippen LogP contribution in [0.2, 0.25) is 5.02 Å². The third kappa shape index (κ3) is 3.11. The number of nitrogens with one attached hydrogen (secondary N) is 1. The molecule has 0 fully saturated rings. The van der Waals surface area contributed by atoms with Gasteiger partial charge in [0.05, 0.1) is 22.3 Å². The van der Waals surface area contributed by atoms with Crippen LogP contribution in [-0.2, 0) is 6.42 Å². The number of anilines is 1. The number of hydrogen-bond acceptors (Lipinski definition) is 4. The molecular formula is C14H16ClN3OS. The second-order valence-electron chi connectivity index (χ2n) is 4.41. The number of rotatable bonds is 4. The topological polar surface area (TPSA) is 68.0 Å². The molecule has 2 rings (SSSR count). The van der Waals surface area contributed by atoms with Gasteiger partial charge in [0.25, 0.3) is 5.91 Å². The van der Waals surface area contributed by atoms with E-state index in [0.717, 1.165) is 11.4 Å². The van der Waals surface area contributed by atoms with Gasteiger partial charge in [-0.1, -0.05) is 24.6 Å². The molecule has 0 aliphatic rings. The predicted molar refractivity (Wildman–Crippen MR) is 83.2 cm³/mol. The van der Waals surface area contributed by atoms with Gasteiger partial charge in [0, 0.05) is 11.1 Å². The number of aromatic nitrogens is 1. The van der Waals surface area contributed by atoms with E-state index < -0.39 is 0 Å². The summed E-state index contributed by atoms with van der Waals surface area (Å²) < 4.78 is 0. The molecule has 1 heterocycles. The summed E-state index contributed by atoms with van der Waals surface area (Å²) in [5.74, 6) is -0.245. The highest BCUT2D eigenvalue weighted by atomic mass is 35.5. The van der Waals surface area contributed by atoms with Crippen LogP contribution in [0.25, 0.3) is 0 Å². The summed E-state index contributed by atoms with van der Waals surface area (Å²) in [5.41, 5.74) is 6.50. The van der Waals surface area contributed by atoms with E-state index in [1.807, 2.05) is 13.1 Å². The van der Waals surface area contributed by atoms with Crippen LogP contribution in [0.1, 0.15) is 40.1 Å². The molecule has 0 aliphatic heterocycles. The molecule has 0 bridgehead atoms. The summed E-state index contributed by atoms with van der Waals surface area (Å²) in [6, 6.07) is 4.86. The van der Waals surface area contributed by atoms with E-state index in [4.69, 9.17) is 17.3 Å². The molecule has 20 heavy (non-hydrogen) atoms. The highest BCUT2D eigenvalue weighted by Crippen LogP contribution is 2.24. The Labute approximate surface area is 127 Å². The van der Waals surface area contributed by atoms with Crippen molar-refractivity contribution in [2.75, 3.05) is 5.73 Å². The summed E-state index contributed by atoms with van der Waals surface area (Å²) in [4.78, 5) is 17.7. The third-order valence-electron chi connectivity index (χ3n) is 2.94. The Morgan fingerprint density at radius 1 is 1.55 bits per heavy atom. The quantitative estimate of drug-likeness (QED) is 0.850. The van der Waals surface area contributed by atoms with Crippen LogP contribution in [0, 0.1) is 0 Å². The molecule has 0 spiro atoms. The van der Waals surface area contributed by atoms with Crippen molar-refractivity contribution < 1.29 is 4.79 Å². The van der Waals surface area contributed by atoms with Gasteiger partial charge >= 0.3 is 0 Å². The molecule has 1 aromatic carbocycles. The van der Waals surface area contributed by atoms with Gasteiger partial charge in [-0.05, 0) is 25.5 Å². The van der Waals surface area contributed by atoms with Crippen molar-refractivity contribution in [3.05, 3.63) is 44.9 Å². The molecular weight excluding hydrogens is 294 g/mol. The van der Waals surface area contributed by atoms with Crippen LogP contribution < -0.4 is 11.1 Å². The number of amides is 1. The average molecular weight is 310 g/mol. The molecule has 1 unspecified atom stereocenters. The Bertz CT molecular complexity index is 627. The lowest BCUT2D eigenvalue weighted by atomic mass is 10.1. The smallest absolute Gasteiger partial charge is 0.253 e. The summed E-state index contributed by atoms with van der Waals surface area (Å²) in [6.45, 7) is 3.98. The zero-order valence-electron chi connectivity index (χ0n) is 11.3. The molecule has 0 saturated heterocycles. The van der Waals surface area contributed by atoms with Crippen LogP contribution in [0.5, 0.6) is 0 Å². The maximum Gasteiger partial charge on any atom is 0.253 e. The highest BCUT2D eigenvalue weighted by Gasteiger charge is 2.17. The number of hydrogen-bond donors (Lipinski definition) is 2. The van der Waals surface area contributed by atoms with Gasteiger partial charge < -0.3 is 11.1 Å². The minimum Gasteiger partial charge on any atom is -0.397 e. The number of thiazole rings is 1. The van der Waals surface area contributed by atoms with E-state index in [-0.39, 0.29) is 11.9 Å². The number of carbonyl (C=O) groups is 1. The van der Waals surface area contributed by atoms with Gasteiger partial charge in [-0.15, -0.1) is 11.3 Å². The summed E-state index contributed by atoms with van der Waals surface area (Å²) in [6.07, 6.45) is 2.79. The van der Waals surface area contributed by atoms with Crippen LogP contribution >= 0.6 is 22.9 Å². The number of nitrogen functional groups attached to an aromatic ring is 1. The molecule has 0 aliphatic carbocycles. The van der Waals surface area contributed by atoms with E-state index in [1.165, 1.54) is 4.88 Å². The van der Waals surface area contributed by atoms with Crippen molar-refractivity contribution in [1.29, 1.82) is 0 Å². The molecule has 2 aromatic rings. The summed E-state index contributed by atoms with van der Waals surface area (Å²) in [5, 5.41) is 4.16. The first kappa shape index (κ1) is 14.8. The predicted octanol–water partition coefficient (Wildman–Crippen LogP) is 3.43. The van der Waals surface area contributed by atoms with Crippen molar-refractivity contribution in [3.8, 4) is 0 Å². The third-order valence-corrected chi connectivity index (χ3v) is 4.59. The van der Waals surface area contributed by atoms with Crippen molar-refractivity contribution >= 4 is 34.5 Å². The number of benzene rings is 1. The van der Waals surface area contributed by atoms with Crippen molar-refractivity contribution in [1.82, 2.24) is 10.3 Å². The molecule has 0 radical (unpaired) electrons. The van der Waals surface area contributed by atoms with Gasteiger partial charge in [-0.25, -0.2) is 4.98 Å². The molecule has 4 nitrogen and oxygen atoms in total. The first-order valence-corrected chi connectivity index (χ1v) is 7.51. The number of carbonyl (C=O) groups excluding carboxylic acids is 1. The Morgan fingerprint density at radius 2 is 2.30 bits per heavy atom. The van der Waals surface area contributed by atoms with E-state index in [0.29, 0.717) is 16.3 Å². The highest BCUT2D eigenvalue weighted by molar-refractivity contribution is 7.11. The fourth-order valence-electron chi connectivity index (χ4n) is 1.76. The number of nitrogens with two attached hydrogens (primary N) is 1. The zero-order chi connectivity index (χ0) is 14.7. The van der Waals surface area contributed by atoms with Crippen molar-refractivity contribution in [2.24, 2.45) is 0 Å². The van der Waals surface area contributed by atoms with E-state index >= 15 is 0 Å². The number of aryl methyl sites for hydroxylation is 1. The lowest BCUT2D eigenvalue weighted by Gasteiger charge is -2.13. The summed E-state index contributed by atoms with van der Waals surface area (Å²) >= 11 is 7.52. The zero-order valence-corrected chi connectivity index (χ0v) is 12.9. The second-order valence-corrected chi connectivity index (χ2v) is 5.97. The average Bonchev–Trinajstić information content (AvgIpc) is 2.90. The molecule has 6 heteroatoms. The lowest BCUT2D eigenvalue weighted by Crippen LogP contribution is -2.27. The Kier molecular flexibility index (Phi) is 4.62. The number of nitrogens with zero attached hydrogens (tertiary/aromatic N) is 1. The maximum absolute atomic E-state index is 12.2. The number of halogens is 1. The monoisotopic (exact) mass is 309 g/mol. The standard InChI is InChI=1S/C14H16ClN3OS/c1-3-9-7-17-14(20-9)8(2)18-13(19)10-5-4-6-11(15)12(10)16/h4-8H,3,16H2,1-2H3,(H,18,19). The minimum atomic E-state index is -0.245. The summed E-state index contributed by atoms with van der Waals surface area (Å²) in [7, 11) is 0. The van der Waals surface area contributed by atoms with Gasteiger partial charge in [0.15, 0.2) is 0 Å². The van der Waals surface area contributed by atoms with E-state index in [1.54, 1.807) is 29.5 Å². The van der Waals surface area contributed by atoms with Crippen LogP contribution in [-0.4, -0.2) is 10.9 Å². The normalized spacial score (nSPS) is 12.2. The molecule has 1 atom stereocenters. The molecule has 3 N–H and O–H groups in total. The second kappa shape index (κ2) is 6.24. The SMILES string of the molecule is CCc1cnc(C(C)NC(=O)c2cccc(Cl)c2N)s1. The fourth-order valence-corrected chi connectivity index (χ4v) is 2.79. The first-order valence-electron chi connectivity index (χ1n) is 6.32. The van der Waals surface area contributed by atoms with Crippen LogP contribution in [0.3, 0.4) is 0 Å². The molecule has 0 saturated carbocycles. The van der Waals surface area contributed by atoms with Gasteiger partial charge in [0.1, 0.15) is 5.01 Å². The van der Waals surface area contributed by atoms with E-state index in [9.17, 15) is 4.79 Å². The molecule has 1 amide bonds. The van der Waals surface area contributed by atoms with Gasteiger partial charge in [-0.2, -0.15) is 0 Å². The maximum atomic E-state index is 12.2. The minimum absolute atomic E-state index is 0.161. The fraction of sp³-hybridized carbons (Fsp3) is 0.286. The molecule has 106 valence electrons. The van der Waals surface area contributed by atoms with Crippen molar-refractivity contribution in [2.45, 2.75) is 26.3 Å². The lowest BCUT2D eigenvalue weighted by molar-refractivity contribution is 0.0940. The first-order chi connectivity index (χ1) is 9.52. The Balaban J connectivity index is 2.13.